The molecule has 4 rings (SSSR count). The number of allylic oxidation sites excluding steroid dienone is 1. The Labute approximate surface area is 194 Å². The fourth-order valence-electron chi connectivity index (χ4n) is 3.41. The third-order valence-corrected chi connectivity index (χ3v) is 8.02. The molecule has 6 nitrogen and oxygen atoms in total. The molecule has 0 N–H and O–H groups in total. The number of thioether (sulfide) groups is 2. The van der Waals surface area contributed by atoms with E-state index < -0.39 is 10.3 Å². The van der Waals surface area contributed by atoms with Gasteiger partial charge in [-0.2, -0.15) is 5.10 Å². The second kappa shape index (κ2) is 8.61. The third kappa shape index (κ3) is 3.73. The van der Waals surface area contributed by atoms with Gasteiger partial charge in [0.2, 0.25) is 4.33 Å². The summed E-state index contributed by atoms with van der Waals surface area (Å²) in [4.78, 5) is 27.6. The number of ether oxygens (including phenoxy) is 1. The monoisotopic (exact) mass is 473 g/mol. The molecule has 1 spiro atoms. The lowest BCUT2D eigenvalue weighted by molar-refractivity contribution is -0.137. The Balaban J connectivity index is 1.92. The number of hydrazone groups is 1. The predicted octanol–water partition coefficient (Wildman–Crippen LogP) is 5.46. The number of anilines is 2. The summed E-state index contributed by atoms with van der Waals surface area (Å²) in [5, 5.41) is 7.20. The average Bonchev–Trinajstić information content (AvgIpc) is 3.27. The van der Waals surface area contributed by atoms with E-state index in [0.29, 0.717) is 20.7 Å². The molecule has 2 aliphatic rings. The largest absolute Gasteiger partial charge is 0.462 e. The van der Waals surface area contributed by atoms with Crippen LogP contribution in [-0.4, -0.2) is 27.7 Å². The first-order chi connectivity index (χ1) is 14.9. The standard InChI is InChI=1S/C22H20ClN3O3S2/c1-4-29-21(28)19-14(2)25(16-10-6-5-7-11-16)22(30-19)26(24-20(31-22)15(3)27)18-13-9-8-12-17(18)23/h5-13H,4H2,1-3H3. The number of carbonyl (C=O) groups excluding carboxylic acids is 2. The van der Waals surface area contributed by atoms with Gasteiger partial charge in [-0.25, -0.2) is 9.80 Å². The summed E-state index contributed by atoms with van der Waals surface area (Å²) in [5.74, 6) is -0.562. The van der Waals surface area contributed by atoms with Crippen LogP contribution in [0.1, 0.15) is 20.8 Å². The van der Waals surface area contributed by atoms with Crippen LogP contribution in [0.25, 0.3) is 0 Å². The zero-order chi connectivity index (χ0) is 22.2. The minimum Gasteiger partial charge on any atom is -0.462 e. The van der Waals surface area contributed by atoms with Gasteiger partial charge in [-0.1, -0.05) is 53.7 Å². The van der Waals surface area contributed by atoms with E-state index in [9.17, 15) is 9.59 Å². The summed E-state index contributed by atoms with van der Waals surface area (Å²) in [6.45, 7) is 5.40. The molecule has 2 aromatic rings. The van der Waals surface area contributed by atoms with E-state index in [4.69, 9.17) is 16.3 Å². The van der Waals surface area contributed by atoms with Crippen molar-refractivity contribution >= 4 is 63.3 Å². The number of benzene rings is 2. The summed E-state index contributed by atoms with van der Waals surface area (Å²) in [6, 6.07) is 17.0. The van der Waals surface area contributed by atoms with Crippen molar-refractivity contribution in [3.8, 4) is 0 Å². The third-order valence-electron chi connectivity index (χ3n) is 4.73. The van der Waals surface area contributed by atoms with Crippen LogP contribution in [0.15, 0.2) is 70.3 Å². The van der Waals surface area contributed by atoms with Crippen LogP contribution >= 0.6 is 35.1 Å². The number of hydrogen-bond acceptors (Lipinski definition) is 8. The molecule has 0 saturated carbocycles. The number of ketones is 1. The van der Waals surface area contributed by atoms with E-state index >= 15 is 0 Å². The number of esters is 1. The number of halogens is 1. The van der Waals surface area contributed by atoms with Crippen molar-refractivity contribution in [1.29, 1.82) is 0 Å². The fourth-order valence-corrected chi connectivity index (χ4v) is 6.56. The number of para-hydroxylation sites is 2. The van der Waals surface area contributed by atoms with Gasteiger partial charge in [0, 0.05) is 18.3 Å². The Morgan fingerprint density at radius 2 is 1.77 bits per heavy atom. The van der Waals surface area contributed by atoms with E-state index in [2.05, 4.69) is 5.10 Å². The molecule has 1 unspecified atom stereocenters. The lowest BCUT2D eigenvalue weighted by Gasteiger charge is -2.41. The molecule has 160 valence electrons. The van der Waals surface area contributed by atoms with E-state index in [1.165, 1.54) is 30.4 Å². The molecule has 2 heterocycles. The predicted molar refractivity (Wildman–Crippen MR) is 128 cm³/mol. The summed E-state index contributed by atoms with van der Waals surface area (Å²) >= 11 is 9.13. The normalized spacial score (nSPS) is 20.5. The van der Waals surface area contributed by atoms with Crippen LogP contribution in [0.4, 0.5) is 11.4 Å². The highest BCUT2D eigenvalue weighted by molar-refractivity contribution is 8.29. The second-order valence-electron chi connectivity index (χ2n) is 6.78. The summed E-state index contributed by atoms with van der Waals surface area (Å²) in [7, 11) is 0. The van der Waals surface area contributed by atoms with Gasteiger partial charge in [0.15, 0.2) is 10.8 Å². The number of hydrogen-bond donors (Lipinski definition) is 0. The maximum Gasteiger partial charge on any atom is 0.346 e. The van der Waals surface area contributed by atoms with Crippen LogP contribution in [0.2, 0.25) is 5.02 Å². The van der Waals surface area contributed by atoms with Crippen LogP contribution in [0.5, 0.6) is 0 Å². The molecular formula is C22H20ClN3O3S2. The van der Waals surface area contributed by atoms with Gasteiger partial charge in [0.25, 0.3) is 0 Å². The zero-order valence-corrected chi connectivity index (χ0v) is 19.6. The highest BCUT2D eigenvalue weighted by atomic mass is 35.5. The van der Waals surface area contributed by atoms with E-state index in [1.807, 2.05) is 60.4 Å². The topological polar surface area (TPSA) is 62.2 Å². The molecule has 0 aliphatic carbocycles. The number of rotatable bonds is 5. The van der Waals surface area contributed by atoms with E-state index in [1.54, 1.807) is 18.0 Å². The summed E-state index contributed by atoms with van der Waals surface area (Å²) in [5.41, 5.74) is 2.22. The molecule has 9 heteroatoms. The van der Waals surface area contributed by atoms with Gasteiger partial charge in [-0.05, 0) is 49.9 Å². The first kappa shape index (κ1) is 21.8. The van der Waals surface area contributed by atoms with Crippen LogP contribution in [0, 0.1) is 0 Å². The molecule has 0 amide bonds. The molecule has 1 atom stereocenters. The van der Waals surface area contributed by atoms with Gasteiger partial charge in [-0.15, -0.1) is 0 Å². The van der Waals surface area contributed by atoms with E-state index in [0.717, 1.165) is 11.4 Å². The van der Waals surface area contributed by atoms with Gasteiger partial charge >= 0.3 is 5.97 Å². The number of Topliss-reactive ketones (excluding diaryl/α,β-unsaturated/α-hetero) is 1. The minimum atomic E-state index is -0.987. The molecule has 2 aromatic carbocycles. The average molecular weight is 474 g/mol. The lowest BCUT2D eigenvalue weighted by Crippen LogP contribution is -2.49. The Kier molecular flexibility index (Phi) is 6.05. The van der Waals surface area contributed by atoms with Crippen molar-refractivity contribution in [2.24, 2.45) is 5.10 Å². The molecule has 0 aromatic heterocycles. The van der Waals surface area contributed by atoms with Crippen molar-refractivity contribution in [1.82, 2.24) is 0 Å². The van der Waals surface area contributed by atoms with Crippen LogP contribution < -0.4 is 9.91 Å². The maximum atomic E-state index is 12.8. The number of nitrogens with zero attached hydrogens (tertiary/aromatic N) is 3. The minimum absolute atomic E-state index is 0.158. The molecule has 0 fully saturated rings. The molecule has 0 bridgehead atoms. The Morgan fingerprint density at radius 3 is 2.42 bits per heavy atom. The SMILES string of the molecule is CCOC(=O)C1=C(C)N(c2ccccc2)C2(SC(C(C)=O)=NN2c2ccccc2Cl)S1. The quantitative estimate of drug-likeness (QED) is 0.534. The van der Waals surface area contributed by atoms with E-state index in [-0.39, 0.29) is 12.4 Å². The van der Waals surface area contributed by atoms with Crippen molar-refractivity contribution in [2.45, 2.75) is 25.1 Å². The van der Waals surface area contributed by atoms with Gasteiger partial charge in [0.05, 0.1) is 17.3 Å². The van der Waals surface area contributed by atoms with Crippen molar-refractivity contribution in [3.63, 3.8) is 0 Å². The number of carbonyl (C=O) groups is 2. The molecule has 31 heavy (non-hydrogen) atoms. The highest BCUT2D eigenvalue weighted by Crippen LogP contribution is 2.60. The molecule has 0 radical (unpaired) electrons. The van der Waals surface area contributed by atoms with Crippen molar-refractivity contribution in [2.75, 3.05) is 16.5 Å². The van der Waals surface area contributed by atoms with Crippen molar-refractivity contribution in [3.05, 3.63) is 70.2 Å². The Hall–Kier alpha value is -2.42. The lowest BCUT2D eigenvalue weighted by atomic mass is 10.2. The van der Waals surface area contributed by atoms with Gasteiger partial charge in [0.1, 0.15) is 4.91 Å². The maximum absolute atomic E-state index is 12.8. The smallest absolute Gasteiger partial charge is 0.346 e. The Morgan fingerprint density at radius 1 is 1.10 bits per heavy atom. The van der Waals surface area contributed by atoms with Crippen molar-refractivity contribution < 1.29 is 14.3 Å². The van der Waals surface area contributed by atoms with Gasteiger partial charge in [-0.3, -0.25) is 4.79 Å². The zero-order valence-electron chi connectivity index (χ0n) is 17.2. The highest BCUT2D eigenvalue weighted by Gasteiger charge is 2.58. The second-order valence-corrected chi connectivity index (χ2v) is 9.79. The first-order valence-corrected chi connectivity index (χ1v) is 11.7. The molecule has 2 aliphatic heterocycles. The molecular weight excluding hydrogens is 454 g/mol. The Bertz CT molecular complexity index is 1110. The van der Waals surface area contributed by atoms with Gasteiger partial charge < -0.3 is 9.64 Å². The summed E-state index contributed by atoms with van der Waals surface area (Å²) < 4.78 is 4.33. The molecule has 0 saturated heterocycles. The fraction of sp³-hybridized carbons (Fsp3) is 0.227. The summed E-state index contributed by atoms with van der Waals surface area (Å²) in [6.07, 6.45) is 0. The van der Waals surface area contributed by atoms with Crippen LogP contribution in [0.3, 0.4) is 0 Å². The first-order valence-electron chi connectivity index (χ1n) is 9.64. The van der Waals surface area contributed by atoms with Crippen LogP contribution in [-0.2, 0) is 14.3 Å².